The number of anilines is 2. The maximum absolute atomic E-state index is 12.2. The maximum Gasteiger partial charge on any atom is 0.405 e. The van der Waals surface area contributed by atoms with E-state index in [0.29, 0.717) is 16.4 Å². The molecule has 1 aromatic heterocycles. The summed E-state index contributed by atoms with van der Waals surface area (Å²) in [4.78, 5) is 1.23. The van der Waals surface area contributed by atoms with Crippen molar-refractivity contribution in [1.82, 2.24) is 4.37 Å². The summed E-state index contributed by atoms with van der Waals surface area (Å²) >= 11 is 1.00. The molecule has 0 radical (unpaired) electrons. The molecule has 0 unspecified atom stereocenters. The maximum atomic E-state index is 12.2. The number of hydrogen-bond acceptors (Lipinski definition) is 4. The highest BCUT2D eigenvalue weighted by atomic mass is 32.1. The van der Waals surface area contributed by atoms with Gasteiger partial charge < -0.3 is 10.6 Å². The molecule has 0 saturated heterocycles. The third kappa shape index (κ3) is 2.98. The topological polar surface area (TPSA) is 42.2 Å². The minimum Gasteiger partial charge on any atom is -0.383 e. The van der Waals surface area contributed by atoms with Gasteiger partial charge in [-0.3, -0.25) is 0 Å². The van der Waals surface area contributed by atoms with Crippen LogP contribution in [0, 0.1) is 6.92 Å². The van der Waals surface area contributed by atoms with E-state index in [1.807, 2.05) is 0 Å². The summed E-state index contributed by atoms with van der Waals surface area (Å²) in [7, 11) is 0. The number of halogens is 3. The van der Waals surface area contributed by atoms with Crippen LogP contribution in [0.15, 0.2) is 0 Å². The summed E-state index contributed by atoms with van der Waals surface area (Å²) in [6, 6.07) is 0. The van der Waals surface area contributed by atoms with Crippen LogP contribution < -0.4 is 10.6 Å². The van der Waals surface area contributed by atoms with Gasteiger partial charge in [0, 0.05) is 12.1 Å². The van der Waals surface area contributed by atoms with Gasteiger partial charge in [-0.2, -0.15) is 17.5 Å². The Kier molecular flexibility index (Phi) is 3.43. The van der Waals surface area contributed by atoms with Crippen LogP contribution in [-0.2, 0) is 0 Å². The van der Waals surface area contributed by atoms with Crippen molar-refractivity contribution in [2.24, 2.45) is 0 Å². The molecule has 7 heteroatoms. The van der Waals surface area contributed by atoms with E-state index in [1.54, 1.807) is 13.8 Å². The molecule has 0 aromatic carbocycles. The number of nitrogen functional groups attached to an aromatic ring is 1. The molecular formula is C8H12F3N3S. The molecule has 0 amide bonds. The molecule has 0 spiro atoms. The van der Waals surface area contributed by atoms with Gasteiger partial charge in [-0.05, 0) is 25.4 Å². The monoisotopic (exact) mass is 239 g/mol. The van der Waals surface area contributed by atoms with Crippen LogP contribution in [0.2, 0.25) is 0 Å². The molecule has 0 atom stereocenters. The van der Waals surface area contributed by atoms with E-state index in [0.717, 1.165) is 11.5 Å². The smallest absolute Gasteiger partial charge is 0.383 e. The third-order valence-corrected chi connectivity index (χ3v) is 3.00. The van der Waals surface area contributed by atoms with Crippen molar-refractivity contribution in [1.29, 1.82) is 0 Å². The van der Waals surface area contributed by atoms with Gasteiger partial charge in [0.1, 0.15) is 17.4 Å². The SMILES string of the molecule is CCN(CC(F)(F)F)c1snc(N)c1C. The highest BCUT2D eigenvalue weighted by Crippen LogP contribution is 2.31. The summed E-state index contributed by atoms with van der Waals surface area (Å²) < 4.78 is 40.5. The average molecular weight is 239 g/mol. The van der Waals surface area contributed by atoms with Gasteiger partial charge in [-0.1, -0.05) is 0 Å². The summed E-state index contributed by atoms with van der Waals surface area (Å²) in [6.45, 7) is 2.66. The molecule has 0 aliphatic rings. The second-order valence-electron chi connectivity index (χ2n) is 3.13. The molecule has 86 valence electrons. The van der Waals surface area contributed by atoms with E-state index in [-0.39, 0.29) is 6.54 Å². The average Bonchev–Trinajstić information content (AvgIpc) is 2.43. The fourth-order valence-corrected chi connectivity index (χ4v) is 2.05. The zero-order chi connectivity index (χ0) is 11.6. The Morgan fingerprint density at radius 3 is 2.40 bits per heavy atom. The molecule has 0 fully saturated rings. The fraction of sp³-hybridized carbons (Fsp3) is 0.625. The highest BCUT2D eigenvalue weighted by Gasteiger charge is 2.31. The Hall–Kier alpha value is -0.980. The Morgan fingerprint density at radius 1 is 1.47 bits per heavy atom. The standard InChI is InChI=1S/C8H12F3N3S/c1-3-14(4-8(9,10)11)7-5(2)6(12)13-15-7/h3-4H2,1-2H3,(H2,12,13). The third-order valence-electron chi connectivity index (χ3n) is 1.97. The Morgan fingerprint density at radius 2 is 2.07 bits per heavy atom. The van der Waals surface area contributed by atoms with Crippen LogP contribution in [0.3, 0.4) is 0 Å². The van der Waals surface area contributed by atoms with E-state index in [4.69, 9.17) is 5.73 Å². The first kappa shape index (κ1) is 12.1. The van der Waals surface area contributed by atoms with E-state index in [9.17, 15) is 13.2 Å². The second-order valence-corrected chi connectivity index (χ2v) is 3.88. The molecule has 2 N–H and O–H groups in total. The number of alkyl halides is 3. The van der Waals surface area contributed by atoms with E-state index >= 15 is 0 Å². The van der Waals surface area contributed by atoms with Crippen LogP contribution >= 0.6 is 11.5 Å². The molecule has 0 saturated carbocycles. The van der Waals surface area contributed by atoms with E-state index in [1.165, 1.54) is 4.90 Å². The molecule has 1 heterocycles. The predicted molar refractivity (Wildman–Crippen MR) is 55.2 cm³/mol. The van der Waals surface area contributed by atoms with E-state index in [2.05, 4.69) is 4.37 Å². The Balaban J connectivity index is 2.88. The molecule has 1 aromatic rings. The fourth-order valence-electron chi connectivity index (χ4n) is 1.18. The lowest BCUT2D eigenvalue weighted by molar-refractivity contribution is -0.119. The number of aromatic nitrogens is 1. The van der Waals surface area contributed by atoms with Gasteiger partial charge in [-0.15, -0.1) is 0 Å². The van der Waals surface area contributed by atoms with Crippen molar-refractivity contribution in [2.45, 2.75) is 20.0 Å². The van der Waals surface area contributed by atoms with Crippen molar-refractivity contribution in [3.63, 3.8) is 0 Å². The van der Waals surface area contributed by atoms with Gasteiger partial charge >= 0.3 is 6.18 Å². The normalized spacial score (nSPS) is 11.8. The van der Waals surface area contributed by atoms with Crippen molar-refractivity contribution in [2.75, 3.05) is 23.7 Å². The van der Waals surface area contributed by atoms with Gasteiger partial charge in [0.05, 0.1) is 0 Å². The summed E-state index contributed by atoms with van der Waals surface area (Å²) in [6.07, 6.45) is -4.21. The zero-order valence-corrected chi connectivity index (χ0v) is 9.24. The van der Waals surface area contributed by atoms with Crippen molar-refractivity contribution < 1.29 is 13.2 Å². The lowest BCUT2D eigenvalue weighted by Gasteiger charge is -2.22. The zero-order valence-electron chi connectivity index (χ0n) is 8.43. The summed E-state index contributed by atoms with van der Waals surface area (Å²) in [5.41, 5.74) is 6.11. The van der Waals surface area contributed by atoms with Crippen molar-refractivity contribution in [3.8, 4) is 0 Å². The van der Waals surface area contributed by atoms with Gasteiger partial charge in [0.15, 0.2) is 0 Å². The number of rotatable bonds is 3. The van der Waals surface area contributed by atoms with Gasteiger partial charge in [0.2, 0.25) is 0 Å². The number of hydrogen-bond donors (Lipinski definition) is 1. The minimum atomic E-state index is -4.21. The lowest BCUT2D eigenvalue weighted by atomic mass is 10.3. The first-order chi connectivity index (χ1) is 6.85. The predicted octanol–water partition coefficient (Wildman–Crippen LogP) is 2.42. The Bertz CT molecular complexity index is 334. The van der Waals surface area contributed by atoms with Crippen molar-refractivity contribution in [3.05, 3.63) is 5.56 Å². The molecule has 3 nitrogen and oxygen atoms in total. The number of nitrogens with two attached hydrogens (primary N) is 1. The molecule has 15 heavy (non-hydrogen) atoms. The first-order valence-corrected chi connectivity index (χ1v) is 5.16. The highest BCUT2D eigenvalue weighted by molar-refractivity contribution is 7.10. The molecule has 1 rings (SSSR count). The van der Waals surface area contributed by atoms with Gasteiger partial charge in [-0.25, -0.2) is 0 Å². The molecule has 0 aliphatic heterocycles. The van der Waals surface area contributed by atoms with Crippen LogP contribution in [0.5, 0.6) is 0 Å². The molecule has 0 bridgehead atoms. The van der Waals surface area contributed by atoms with Crippen LogP contribution in [0.1, 0.15) is 12.5 Å². The van der Waals surface area contributed by atoms with Crippen LogP contribution in [0.4, 0.5) is 24.0 Å². The molecule has 0 aliphatic carbocycles. The molecular weight excluding hydrogens is 227 g/mol. The quantitative estimate of drug-likeness (QED) is 0.880. The largest absolute Gasteiger partial charge is 0.405 e. The van der Waals surface area contributed by atoms with Gasteiger partial charge in [0.25, 0.3) is 0 Å². The summed E-state index contributed by atoms with van der Waals surface area (Å²) in [5.74, 6) is 0.302. The van der Waals surface area contributed by atoms with Crippen LogP contribution in [0.25, 0.3) is 0 Å². The summed E-state index contributed by atoms with van der Waals surface area (Å²) in [5, 5.41) is 0.493. The Labute approximate surface area is 89.9 Å². The first-order valence-electron chi connectivity index (χ1n) is 4.38. The second kappa shape index (κ2) is 4.26. The minimum absolute atomic E-state index is 0.280. The van der Waals surface area contributed by atoms with Crippen LogP contribution in [-0.4, -0.2) is 23.6 Å². The van der Waals surface area contributed by atoms with E-state index < -0.39 is 12.7 Å². The van der Waals surface area contributed by atoms with Crippen molar-refractivity contribution >= 4 is 22.4 Å². The number of nitrogens with zero attached hydrogens (tertiary/aromatic N) is 2. The lowest BCUT2D eigenvalue weighted by Crippen LogP contribution is -2.33.